The third-order valence-electron chi connectivity index (χ3n) is 2.53. The van der Waals surface area contributed by atoms with E-state index in [2.05, 4.69) is 9.97 Å². The minimum Gasteiger partial charge on any atom is -0.323 e. The standard InChI is InChI=1S/C12H10F2N2O/c1-6-7(2)16-12(17)11(15-6)8-3-4-9(13)10(14)5-8/h3-5H,1-2H3,(H,16,17). The molecule has 1 N–H and O–H groups in total. The zero-order valence-corrected chi connectivity index (χ0v) is 9.34. The van der Waals surface area contributed by atoms with Gasteiger partial charge in [0.05, 0.1) is 5.69 Å². The van der Waals surface area contributed by atoms with Crippen molar-refractivity contribution in [3.05, 3.63) is 51.6 Å². The summed E-state index contributed by atoms with van der Waals surface area (Å²) in [7, 11) is 0. The summed E-state index contributed by atoms with van der Waals surface area (Å²) < 4.78 is 25.8. The number of aromatic amines is 1. The van der Waals surface area contributed by atoms with Crippen LogP contribution in [0.1, 0.15) is 11.4 Å². The molecule has 88 valence electrons. The Morgan fingerprint density at radius 3 is 2.53 bits per heavy atom. The summed E-state index contributed by atoms with van der Waals surface area (Å²) in [6.45, 7) is 3.45. The van der Waals surface area contributed by atoms with E-state index in [4.69, 9.17) is 0 Å². The molecular formula is C12H10F2N2O. The molecule has 0 aliphatic heterocycles. The number of benzene rings is 1. The fourth-order valence-electron chi connectivity index (χ4n) is 1.46. The maximum Gasteiger partial charge on any atom is 0.274 e. The van der Waals surface area contributed by atoms with Gasteiger partial charge in [0.1, 0.15) is 5.69 Å². The summed E-state index contributed by atoms with van der Waals surface area (Å²) in [6.07, 6.45) is 0. The summed E-state index contributed by atoms with van der Waals surface area (Å²) in [5.74, 6) is -1.95. The Kier molecular flexibility index (Phi) is 2.75. The van der Waals surface area contributed by atoms with Crippen molar-refractivity contribution >= 4 is 0 Å². The van der Waals surface area contributed by atoms with Crippen LogP contribution in [-0.4, -0.2) is 9.97 Å². The van der Waals surface area contributed by atoms with Crippen molar-refractivity contribution in [2.75, 3.05) is 0 Å². The van der Waals surface area contributed by atoms with E-state index in [0.29, 0.717) is 11.4 Å². The van der Waals surface area contributed by atoms with E-state index in [1.807, 2.05) is 0 Å². The van der Waals surface area contributed by atoms with E-state index in [1.165, 1.54) is 6.07 Å². The van der Waals surface area contributed by atoms with Crippen LogP contribution in [0.25, 0.3) is 11.3 Å². The molecular weight excluding hydrogens is 226 g/mol. The normalized spacial score (nSPS) is 10.6. The Hall–Kier alpha value is -2.04. The zero-order chi connectivity index (χ0) is 12.6. The summed E-state index contributed by atoms with van der Waals surface area (Å²) >= 11 is 0. The molecule has 17 heavy (non-hydrogen) atoms. The summed E-state index contributed by atoms with van der Waals surface area (Å²) in [6, 6.07) is 3.26. The SMILES string of the molecule is Cc1nc(-c2ccc(F)c(F)c2)c(=O)[nH]c1C. The summed E-state index contributed by atoms with van der Waals surface area (Å²) in [5, 5.41) is 0. The predicted octanol–water partition coefficient (Wildman–Crippen LogP) is 2.33. The Morgan fingerprint density at radius 1 is 1.18 bits per heavy atom. The van der Waals surface area contributed by atoms with Crippen LogP contribution >= 0.6 is 0 Å². The highest BCUT2D eigenvalue weighted by Gasteiger charge is 2.10. The molecule has 0 spiro atoms. The van der Waals surface area contributed by atoms with Gasteiger partial charge in [0, 0.05) is 11.3 Å². The van der Waals surface area contributed by atoms with E-state index in [1.54, 1.807) is 13.8 Å². The first kappa shape index (κ1) is 11.4. The van der Waals surface area contributed by atoms with Gasteiger partial charge in [-0.05, 0) is 32.0 Å². The largest absolute Gasteiger partial charge is 0.323 e. The number of aromatic nitrogens is 2. The van der Waals surface area contributed by atoms with Gasteiger partial charge >= 0.3 is 0 Å². The molecule has 3 nitrogen and oxygen atoms in total. The second kappa shape index (κ2) is 4.08. The van der Waals surface area contributed by atoms with Crippen LogP contribution < -0.4 is 5.56 Å². The highest BCUT2D eigenvalue weighted by Crippen LogP contribution is 2.17. The lowest BCUT2D eigenvalue weighted by Gasteiger charge is -2.04. The molecule has 0 saturated carbocycles. The molecule has 0 bridgehead atoms. The highest BCUT2D eigenvalue weighted by atomic mass is 19.2. The summed E-state index contributed by atoms with van der Waals surface area (Å²) in [5.41, 5.74) is 1.23. The van der Waals surface area contributed by atoms with Crippen LogP contribution in [0.3, 0.4) is 0 Å². The van der Waals surface area contributed by atoms with Crippen molar-refractivity contribution in [3.8, 4) is 11.3 Å². The quantitative estimate of drug-likeness (QED) is 0.826. The van der Waals surface area contributed by atoms with Gasteiger partial charge in [-0.2, -0.15) is 0 Å². The number of H-pyrrole nitrogens is 1. The number of nitrogens with zero attached hydrogens (tertiary/aromatic N) is 1. The van der Waals surface area contributed by atoms with E-state index < -0.39 is 17.2 Å². The minimum atomic E-state index is -0.998. The van der Waals surface area contributed by atoms with Gasteiger partial charge in [-0.3, -0.25) is 4.79 Å². The van der Waals surface area contributed by atoms with Gasteiger partial charge in [0.2, 0.25) is 0 Å². The molecule has 0 fully saturated rings. The number of aryl methyl sites for hydroxylation is 2. The fourth-order valence-corrected chi connectivity index (χ4v) is 1.46. The first-order valence-corrected chi connectivity index (χ1v) is 5.02. The summed E-state index contributed by atoms with van der Waals surface area (Å²) in [4.78, 5) is 18.3. The Labute approximate surface area is 96.2 Å². The number of hydrogen-bond donors (Lipinski definition) is 1. The average molecular weight is 236 g/mol. The third-order valence-corrected chi connectivity index (χ3v) is 2.53. The number of halogens is 2. The Balaban J connectivity index is 2.64. The molecule has 0 radical (unpaired) electrons. The smallest absolute Gasteiger partial charge is 0.274 e. The molecule has 1 aromatic carbocycles. The monoisotopic (exact) mass is 236 g/mol. The molecule has 0 saturated heterocycles. The lowest BCUT2D eigenvalue weighted by Crippen LogP contribution is -2.14. The average Bonchev–Trinajstić information content (AvgIpc) is 2.27. The lowest BCUT2D eigenvalue weighted by molar-refractivity contribution is 0.509. The van der Waals surface area contributed by atoms with Crippen LogP contribution in [0.4, 0.5) is 8.78 Å². The van der Waals surface area contributed by atoms with Crippen LogP contribution in [0.5, 0.6) is 0 Å². The second-order valence-corrected chi connectivity index (χ2v) is 3.75. The maximum atomic E-state index is 13.1. The molecule has 1 heterocycles. The first-order valence-electron chi connectivity index (χ1n) is 5.02. The molecule has 0 atom stereocenters. The number of rotatable bonds is 1. The number of hydrogen-bond acceptors (Lipinski definition) is 2. The third kappa shape index (κ3) is 2.08. The van der Waals surface area contributed by atoms with Crippen LogP contribution in [0.15, 0.2) is 23.0 Å². The van der Waals surface area contributed by atoms with Crippen molar-refractivity contribution in [2.45, 2.75) is 13.8 Å². The van der Waals surface area contributed by atoms with Crippen LogP contribution in [-0.2, 0) is 0 Å². The second-order valence-electron chi connectivity index (χ2n) is 3.75. The van der Waals surface area contributed by atoms with Crippen LogP contribution in [0.2, 0.25) is 0 Å². The molecule has 0 aliphatic rings. The van der Waals surface area contributed by atoms with Gasteiger partial charge in [0.15, 0.2) is 11.6 Å². The topological polar surface area (TPSA) is 45.8 Å². The first-order chi connectivity index (χ1) is 7.99. The molecule has 2 rings (SSSR count). The molecule has 0 amide bonds. The van der Waals surface area contributed by atoms with Gasteiger partial charge in [-0.1, -0.05) is 0 Å². The van der Waals surface area contributed by atoms with Crippen molar-refractivity contribution in [1.82, 2.24) is 9.97 Å². The molecule has 0 aliphatic carbocycles. The van der Waals surface area contributed by atoms with E-state index in [-0.39, 0.29) is 11.3 Å². The van der Waals surface area contributed by atoms with Crippen molar-refractivity contribution in [2.24, 2.45) is 0 Å². The van der Waals surface area contributed by atoms with Gasteiger partial charge in [-0.15, -0.1) is 0 Å². The molecule has 0 unspecified atom stereocenters. The minimum absolute atomic E-state index is 0.0898. The van der Waals surface area contributed by atoms with Gasteiger partial charge < -0.3 is 4.98 Å². The Bertz CT molecular complexity index is 635. The fraction of sp³-hybridized carbons (Fsp3) is 0.167. The molecule has 1 aromatic heterocycles. The van der Waals surface area contributed by atoms with Gasteiger partial charge in [0.25, 0.3) is 5.56 Å². The van der Waals surface area contributed by atoms with Gasteiger partial charge in [-0.25, -0.2) is 13.8 Å². The van der Waals surface area contributed by atoms with Crippen LogP contribution in [0, 0.1) is 25.5 Å². The zero-order valence-electron chi connectivity index (χ0n) is 9.34. The number of nitrogens with one attached hydrogen (secondary N) is 1. The molecule has 2 aromatic rings. The van der Waals surface area contributed by atoms with Crippen molar-refractivity contribution in [1.29, 1.82) is 0 Å². The van der Waals surface area contributed by atoms with E-state index >= 15 is 0 Å². The highest BCUT2D eigenvalue weighted by molar-refractivity contribution is 5.58. The predicted molar refractivity (Wildman–Crippen MR) is 59.7 cm³/mol. The molecule has 5 heteroatoms. The lowest BCUT2D eigenvalue weighted by atomic mass is 10.1. The van der Waals surface area contributed by atoms with E-state index in [0.717, 1.165) is 12.1 Å². The van der Waals surface area contributed by atoms with E-state index in [9.17, 15) is 13.6 Å². The van der Waals surface area contributed by atoms with Crippen molar-refractivity contribution < 1.29 is 8.78 Å². The Morgan fingerprint density at radius 2 is 1.88 bits per heavy atom. The van der Waals surface area contributed by atoms with Crippen molar-refractivity contribution in [3.63, 3.8) is 0 Å². The maximum absolute atomic E-state index is 13.1.